The van der Waals surface area contributed by atoms with E-state index in [4.69, 9.17) is 9.47 Å². The summed E-state index contributed by atoms with van der Waals surface area (Å²) in [5.74, 6) is -0.693. The Hall–Kier alpha value is -3.87. The second-order valence-electron chi connectivity index (χ2n) is 11.6. The summed E-state index contributed by atoms with van der Waals surface area (Å²) >= 11 is 0. The number of carboxylic acid groups (broad SMARTS) is 1. The third-order valence-electron chi connectivity index (χ3n) is 8.70. The molecule has 2 fully saturated rings. The Labute approximate surface area is 265 Å². The first-order chi connectivity index (χ1) is 21.8. The van der Waals surface area contributed by atoms with Gasteiger partial charge in [0.15, 0.2) is 11.8 Å². The van der Waals surface area contributed by atoms with E-state index in [2.05, 4.69) is 14.7 Å². The monoisotopic (exact) mass is 662 g/mol. The van der Waals surface area contributed by atoms with Crippen LogP contribution in [0.15, 0.2) is 42.9 Å². The molecule has 16 nitrogen and oxygen atoms in total. The summed E-state index contributed by atoms with van der Waals surface area (Å²) in [6.45, 7) is 0. The van der Waals surface area contributed by atoms with Crippen LogP contribution in [0.2, 0.25) is 0 Å². The van der Waals surface area contributed by atoms with Gasteiger partial charge in [0.05, 0.1) is 16.8 Å². The minimum Gasteiger partial charge on any atom is -0.479 e. The molecule has 250 valence electrons. The number of ether oxygens (including phenoxy) is 2. The summed E-state index contributed by atoms with van der Waals surface area (Å²) in [5, 5.41) is 40.6. The maximum Gasteiger partial charge on any atom is 0.335 e. The van der Waals surface area contributed by atoms with E-state index in [0.29, 0.717) is 16.9 Å². The molecule has 1 aromatic carbocycles. The van der Waals surface area contributed by atoms with Crippen molar-refractivity contribution in [2.24, 2.45) is 5.92 Å². The summed E-state index contributed by atoms with van der Waals surface area (Å²) in [6.07, 6.45) is -2.99. The van der Waals surface area contributed by atoms with Crippen molar-refractivity contribution in [3.8, 4) is 5.75 Å². The van der Waals surface area contributed by atoms with E-state index in [9.17, 15) is 38.4 Å². The molecule has 17 heteroatoms. The number of hydrogen-bond donors (Lipinski definition) is 5. The van der Waals surface area contributed by atoms with Gasteiger partial charge < -0.3 is 34.8 Å². The number of anilines is 2. The van der Waals surface area contributed by atoms with Crippen LogP contribution >= 0.6 is 0 Å². The third-order valence-corrected chi connectivity index (χ3v) is 10.2. The summed E-state index contributed by atoms with van der Waals surface area (Å²) in [7, 11) is 1.55. The zero-order chi connectivity index (χ0) is 33.3. The average Bonchev–Trinajstić information content (AvgIpc) is 3.48. The molecular weight excluding hydrogens is 624 g/mol. The molecular formula is C29H38N6O10S. The van der Waals surface area contributed by atoms with Crippen LogP contribution in [0, 0.1) is 5.92 Å². The van der Waals surface area contributed by atoms with Gasteiger partial charge in [0.1, 0.15) is 36.2 Å². The zero-order valence-electron chi connectivity index (χ0n) is 25.5. The van der Waals surface area contributed by atoms with E-state index in [1.165, 1.54) is 36.0 Å². The summed E-state index contributed by atoms with van der Waals surface area (Å²) in [6, 6.07) is 7.64. The first-order valence-corrected chi connectivity index (χ1v) is 16.4. The second kappa shape index (κ2) is 13.5. The number of para-hydroxylation sites is 2. The van der Waals surface area contributed by atoms with Gasteiger partial charge in [0.25, 0.3) is 0 Å². The number of carboxylic acids is 1. The van der Waals surface area contributed by atoms with Crippen molar-refractivity contribution in [3.63, 3.8) is 0 Å². The van der Waals surface area contributed by atoms with E-state index in [0.717, 1.165) is 25.7 Å². The predicted octanol–water partition coefficient (Wildman–Crippen LogP) is 0.351. The molecule has 46 heavy (non-hydrogen) atoms. The fourth-order valence-electron chi connectivity index (χ4n) is 6.01. The van der Waals surface area contributed by atoms with Gasteiger partial charge in [-0.25, -0.2) is 32.7 Å². The van der Waals surface area contributed by atoms with E-state index in [1.807, 2.05) is 11.9 Å². The number of hydrogen-bond acceptors (Lipinski definition) is 12. The lowest BCUT2D eigenvalue weighted by Gasteiger charge is -2.38. The third kappa shape index (κ3) is 6.65. The van der Waals surface area contributed by atoms with Crippen LogP contribution in [0.3, 0.4) is 0 Å². The van der Waals surface area contributed by atoms with Gasteiger partial charge in [0, 0.05) is 26.3 Å². The van der Waals surface area contributed by atoms with Crippen LogP contribution in [0.5, 0.6) is 5.75 Å². The van der Waals surface area contributed by atoms with Gasteiger partial charge in [0.2, 0.25) is 16.3 Å². The summed E-state index contributed by atoms with van der Waals surface area (Å²) in [5.41, 5.74) is 0.592. The molecule has 0 radical (unpaired) electrons. The topological polar surface area (TPSA) is 217 Å². The van der Waals surface area contributed by atoms with Crippen molar-refractivity contribution < 1.29 is 47.9 Å². The molecule has 0 spiro atoms. The molecule has 5 N–H and O–H groups in total. The highest BCUT2D eigenvalue weighted by Crippen LogP contribution is 2.34. The standard InChI is InChI=1S/C29H38N6O10S/c1-30-46(42,43)14-16-8-10-17(11-9-16)33(2)25-18-12-13-35(26(18)32-15-31-25)29(41)34(3)19-6-4-5-7-20(19)44-28-23(38)21(36)22(37)24(45-28)27(39)40/h4-7,12-13,15-17,21-24,28,30,36-38H,8-11,14H2,1-3H3,(H,39,40)/t16-,17-,21-,22-,23+,24-,28+/m0/s1. The number of nitrogens with one attached hydrogen (secondary N) is 1. The molecule has 1 aliphatic heterocycles. The lowest BCUT2D eigenvalue weighted by molar-refractivity contribution is -0.271. The maximum absolute atomic E-state index is 13.8. The number of aliphatic carboxylic acids is 1. The van der Waals surface area contributed by atoms with Crippen molar-refractivity contribution in [3.05, 3.63) is 42.9 Å². The quantitative estimate of drug-likeness (QED) is 0.209. The van der Waals surface area contributed by atoms with E-state index in [1.54, 1.807) is 30.5 Å². The van der Waals surface area contributed by atoms with Crippen LogP contribution in [-0.4, -0.2) is 119 Å². The van der Waals surface area contributed by atoms with Gasteiger partial charge in [-0.05, 0) is 56.8 Å². The average molecular weight is 663 g/mol. The van der Waals surface area contributed by atoms with E-state index < -0.39 is 52.7 Å². The van der Waals surface area contributed by atoms with Crippen LogP contribution in [0.25, 0.3) is 11.0 Å². The van der Waals surface area contributed by atoms with Gasteiger partial charge in [-0.2, -0.15) is 0 Å². The number of rotatable bonds is 9. The number of aromatic nitrogens is 3. The fourth-order valence-corrected chi connectivity index (χ4v) is 7.13. The van der Waals surface area contributed by atoms with Crippen molar-refractivity contribution >= 4 is 44.6 Å². The normalized spacial score (nSPS) is 26.9. The van der Waals surface area contributed by atoms with Crippen molar-refractivity contribution in [2.75, 3.05) is 36.7 Å². The molecule has 1 saturated heterocycles. The van der Waals surface area contributed by atoms with Crippen LogP contribution in [0.4, 0.5) is 16.3 Å². The Morgan fingerprint density at radius 2 is 1.74 bits per heavy atom. The van der Waals surface area contributed by atoms with Gasteiger partial charge in [-0.1, -0.05) is 12.1 Å². The highest BCUT2D eigenvalue weighted by molar-refractivity contribution is 7.89. The maximum atomic E-state index is 13.8. The Kier molecular flexibility index (Phi) is 9.81. The van der Waals surface area contributed by atoms with Gasteiger partial charge >= 0.3 is 12.0 Å². The van der Waals surface area contributed by atoms with E-state index in [-0.39, 0.29) is 29.1 Å². The number of aliphatic hydroxyl groups is 3. The number of carbonyl (C=O) groups is 2. The molecule has 3 aromatic rings. The number of aliphatic hydroxyl groups excluding tert-OH is 3. The Balaban J connectivity index is 1.34. The minimum atomic E-state index is -3.28. The van der Waals surface area contributed by atoms with Crippen molar-refractivity contribution in [1.82, 2.24) is 19.3 Å². The fraction of sp³-hybridized carbons (Fsp3) is 0.517. The number of nitrogens with zero attached hydrogens (tertiary/aromatic N) is 5. The molecule has 1 aliphatic carbocycles. The van der Waals surface area contributed by atoms with Crippen LogP contribution < -0.4 is 19.3 Å². The highest BCUT2D eigenvalue weighted by atomic mass is 32.2. The number of amides is 1. The Morgan fingerprint density at radius 1 is 1.04 bits per heavy atom. The van der Waals surface area contributed by atoms with Gasteiger partial charge in [-0.3, -0.25) is 9.47 Å². The van der Waals surface area contributed by atoms with Crippen LogP contribution in [-0.2, 0) is 19.6 Å². The number of carbonyl (C=O) groups excluding carboxylic acids is 1. The molecule has 2 aliphatic rings. The molecule has 3 heterocycles. The predicted molar refractivity (Wildman–Crippen MR) is 165 cm³/mol. The number of benzene rings is 1. The van der Waals surface area contributed by atoms with E-state index >= 15 is 0 Å². The highest BCUT2D eigenvalue weighted by Gasteiger charge is 2.48. The number of fused-ring (bicyclic) bond motifs is 1. The molecule has 0 unspecified atom stereocenters. The van der Waals surface area contributed by atoms with Crippen LogP contribution in [0.1, 0.15) is 25.7 Å². The first kappa shape index (κ1) is 33.5. The van der Waals surface area contributed by atoms with Gasteiger partial charge in [-0.15, -0.1) is 0 Å². The Morgan fingerprint density at radius 3 is 2.41 bits per heavy atom. The lowest BCUT2D eigenvalue weighted by Crippen LogP contribution is -2.61. The molecule has 2 aromatic heterocycles. The minimum absolute atomic E-state index is 0.0414. The van der Waals surface area contributed by atoms with Crippen molar-refractivity contribution in [1.29, 1.82) is 0 Å². The summed E-state index contributed by atoms with van der Waals surface area (Å²) < 4.78 is 38.7. The van der Waals surface area contributed by atoms with Crippen molar-refractivity contribution in [2.45, 2.75) is 62.4 Å². The lowest BCUT2D eigenvalue weighted by atomic mass is 9.86. The zero-order valence-corrected chi connectivity index (χ0v) is 26.3. The smallest absolute Gasteiger partial charge is 0.335 e. The largest absolute Gasteiger partial charge is 0.479 e. The SMILES string of the molecule is CNS(=O)(=O)C[C@H]1CC[C@H](N(C)c2ncnc3c2ccn3C(=O)N(C)c2ccccc2O[C@@H]2O[C@H](C(=O)O)[C@@H](O)[C@H](O)[C@H]2O)CC1. The molecule has 1 saturated carbocycles. The Bertz CT molecular complexity index is 1680. The molecule has 1 amide bonds. The number of sulfonamides is 1. The molecule has 5 atom stereocenters. The second-order valence-corrected chi connectivity index (χ2v) is 13.5. The molecule has 5 rings (SSSR count). The summed E-state index contributed by atoms with van der Waals surface area (Å²) in [4.78, 5) is 37.5. The first-order valence-electron chi connectivity index (χ1n) is 14.7. The molecule has 0 bridgehead atoms.